The van der Waals surface area contributed by atoms with E-state index in [9.17, 15) is 10.1 Å². The summed E-state index contributed by atoms with van der Waals surface area (Å²) in [7, 11) is 0. The number of nitrogens with zero attached hydrogens (tertiary/aromatic N) is 2. The Morgan fingerprint density at radius 3 is 2.72 bits per heavy atom. The van der Waals surface area contributed by atoms with Gasteiger partial charge in [-0.2, -0.15) is 0 Å². The number of thiocarbonyl (C=S) groups is 1. The molecule has 0 unspecified atom stereocenters. The molecule has 0 saturated carbocycles. The molecule has 2 atom stereocenters. The summed E-state index contributed by atoms with van der Waals surface area (Å²) in [6.45, 7) is 4.03. The molecule has 2 bridgehead atoms. The average molecular weight is 355 g/mol. The predicted molar refractivity (Wildman–Crippen MR) is 98.9 cm³/mol. The first kappa shape index (κ1) is 15.8. The molecular weight excluding hydrogens is 338 g/mol. The smallest absolute Gasteiger partial charge is 0.270 e. The minimum absolute atomic E-state index is 0.0552. The number of aryl methyl sites for hydroxylation is 1. The summed E-state index contributed by atoms with van der Waals surface area (Å²) >= 11 is 5.58. The summed E-state index contributed by atoms with van der Waals surface area (Å²) in [6.07, 6.45) is 0.634. The number of benzene rings is 2. The summed E-state index contributed by atoms with van der Waals surface area (Å²) in [5, 5.41) is 14.9. The average Bonchev–Trinajstić information content (AvgIpc) is 2.55. The first-order chi connectivity index (χ1) is 11.9. The first-order valence-electron chi connectivity index (χ1n) is 8.02. The van der Waals surface area contributed by atoms with Gasteiger partial charge >= 0.3 is 0 Å². The van der Waals surface area contributed by atoms with Crippen molar-refractivity contribution in [2.24, 2.45) is 0 Å². The van der Waals surface area contributed by atoms with Gasteiger partial charge in [-0.1, -0.05) is 17.7 Å². The molecule has 0 aromatic heterocycles. The molecule has 6 nitrogen and oxygen atoms in total. The van der Waals surface area contributed by atoms with Gasteiger partial charge in [-0.15, -0.1) is 0 Å². The lowest BCUT2D eigenvalue weighted by atomic mass is 9.90. The fourth-order valence-corrected chi connectivity index (χ4v) is 4.00. The Bertz CT molecular complexity index is 884. The van der Waals surface area contributed by atoms with E-state index in [0.29, 0.717) is 17.3 Å². The molecule has 4 rings (SSSR count). The van der Waals surface area contributed by atoms with Crippen LogP contribution in [0.15, 0.2) is 42.5 Å². The van der Waals surface area contributed by atoms with Gasteiger partial charge in [0.2, 0.25) is 0 Å². The van der Waals surface area contributed by atoms with Crippen LogP contribution in [0.1, 0.15) is 30.5 Å². The predicted octanol–water partition coefficient (Wildman–Crippen LogP) is 3.84. The van der Waals surface area contributed by atoms with Crippen LogP contribution >= 0.6 is 12.2 Å². The summed E-state index contributed by atoms with van der Waals surface area (Å²) in [5.41, 5.74) is 2.31. The van der Waals surface area contributed by atoms with Crippen molar-refractivity contribution in [3.8, 4) is 5.75 Å². The van der Waals surface area contributed by atoms with Gasteiger partial charge in [0.1, 0.15) is 5.75 Å². The lowest BCUT2D eigenvalue weighted by molar-refractivity contribution is -0.385. The van der Waals surface area contributed by atoms with Crippen molar-refractivity contribution in [3.05, 3.63) is 63.7 Å². The molecule has 128 valence electrons. The fraction of sp³-hybridized carbons (Fsp3) is 0.278. The molecule has 0 amide bonds. The second-order valence-electron chi connectivity index (χ2n) is 6.63. The number of hydrogen-bond acceptors (Lipinski definition) is 4. The maximum atomic E-state index is 11.1. The third kappa shape index (κ3) is 2.51. The number of non-ortho nitro benzene ring substituents is 1. The summed E-state index contributed by atoms with van der Waals surface area (Å²) in [4.78, 5) is 12.6. The van der Waals surface area contributed by atoms with Crippen LogP contribution in [-0.4, -0.2) is 15.8 Å². The Labute approximate surface area is 150 Å². The van der Waals surface area contributed by atoms with Crippen molar-refractivity contribution < 1.29 is 9.66 Å². The zero-order chi connectivity index (χ0) is 17.8. The highest BCUT2D eigenvalue weighted by atomic mass is 32.1. The molecule has 2 aliphatic heterocycles. The molecule has 0 aliphatic carbocycles. The highest BCUT2D eigenvalue weighted by molar-refractivity contribution is 7.80. The Kier molecular flexibility index (Phi) is 3.43. The molecule has 7 heteroatoms. The molecular formula is C18H17N3O3S. The van der Waals surface area contributed by atoms with Crippen LogP contribution in [-0.2, 0) is 0 Å². The highest BCUT2D eigenvalue weighted by Crippen LogP contribution is 2.46. The lowest BCUT2D eigenvalue weighted by Crippen LogP contribution is -2.65. The van der Waals surface area contributed by atoms with Crippen molar-refractivity contribution in [1.82, 2.24) is 5.32 Å². The van der Waals surface area contributed by atoms with E-state index in [1.807, 2.05) is 43.0 Å². The van der Waals surface area contributed by atoms with Crippen LogP contribution < -0.4 is 15.0 Å². The molecule has 0 spiro atoms. The zero-order valence-electron chi connectivity index (χ0n) is 13.9. The van der Waals surface area contributed by atoms with Gasteiger partial charge in [-0.3, -0.25) is 15.0 Å². The van der Waals surface area contributed by atoms with Crippen molar-refractivity contribution in [1.29, 1.82) is 0 Å². The molecule has 2 heterocycles. The number of nitrogens with one attached hydrogen (secondary N) is 1. The van der Waals surface area contributed by atoms with Crippen molar-refractivity contribution >= 4 is 28.7 Å². The highest BCUT2D eigenvalue weighted by Gasteiger charge is 2.48. The normalized spacial score (nSPS) is 24.2. The Balaban J connectivity index is 1.77. The number of ether oxygens (including phenoxy) is 1. The number of nitro groups is 1. The maximum absolute atomic E-state index is 11.1. The van der Waals surface area contributed by atoms with E-state index < -0.39 is 10.6 Å². The lowest BCUT2D eigenvalue weighted by Gasteiger charge is -2.52. The van der Waals surface area contributed by atoms with Crippen molar-refractivity contribution in [3.63, 3.8) is 0 Å². The van der Waals surface area contributed by atoms with Crippen LogP contribution in [0.4, 0.5) is 11.4 Å². The van der Waals surface area contributed by atoms with E-state index in [0.717, 1.165) is 11.3 Å². The Morgan fingerprint density at radius 2 is 2.04 bits per heavy atom. The minimum Gasteiger partial charge on any atom is -0.467 e. The molecule has 2 aliphatic rings. The molecule has 25 heavy (non-hydrogen) atoms. The van der Waals surface area contributed by atoms with Gasteiger partial charge in [0.25, 0.3) is 5.69 Å². The monoisotopic (exact) mass is 355 g/mol. The Hall–Kier alpha value is -2.67. The Morgan fingerprint density at radius 1 is 1.32 bits per heavy atom. The zero-order valence-corrected chi connectivity index (χ0v) is 14.7. The molecule has 1 fully saturated rings. The second kappa shape index (κ2) is 5.42. The van der Waals surface area contributed by atoms with Gasteiger partial charge in [0, 0.05) is 29.8 Å². The quantitative estimate of drug-likeness (QED) is 0.502. The minimum atomic E-state index is -0.647. The van der Waals surface area contributed by atoms with Gasteiger partial charge in [0.05, 0.1) is 11.0 Å². The SMILES string of the molecule is Cc1ccc(N2C(=S)N[C@H]3C[C@@]2(C)Oc2ccc([N+](=O)[O-])cc23)cc1. The summed E-state index contributed by atoms with van der Waals surface area (Å²) in [5.74, 6) is 0.650. The van der Waals surface area contributed by atoms with Crippen LogP contribution in [0.25, 0.3) is 0 Å². The largest absolute Gasteiger partial charge is 0.467 e. The molecule has 2 aromatic rings. The maximum Gasteiger partial charge on any atom is 0.270 e. The molecule has 0 radical (unpaired) electrons. The third-order valence-corrected chi connectivity index (χ3v) is 5.06. The number of anilines is 1. The molecule has 1 N–H and O–H groups in total. The number of rotatable bonds is 2. The number of nitro benzene ring substituents is 1. The summed E-state index contributed by atoms with van der Waals surface area (Å²) < 4.78 is 6.27. The van der Waals surface area contributed by atoms with Gasteiger partial charge < -0.3 is 10.1 Å². The van der Waals surface area contributed by atoms with Crippen LogP contribution in [0, 0.1) is 17.0 Å². The van der Waals surface area contributed by atoms with E-state index in [1.165, 1.54) is 11.6 Å². The fourth-order valence-electron chi connectivity index (χ4n) is 3.56. The van der Waals surface area contributed by atoms with Gasteiger partial charge in [-0.25, -0.2) is 0 Å². The van der Waals surface area contributed by atoms with Gasteiger partial charge in [-0.05, 0) is 44.3 Å². The van der Waals surface area contributed by atoms with Crippen molar-refractivity contribution in [2.75, 3.05) is 4.90 Å². The molecule has 2 aromatic carbocycles. The summed E-state index contributed by atoms with van der Waals surface area (Å²) in [6, 6.07) is 12.7. The topological polar surface area (TPSA) is 67.6 Å². The van der Waals surface area contributed by atoms with E-state index in [1.54, 1.807) is 12.1 Å². The van der Waals surface area contributed by atoms with Gasteiger partial charge in [0.15, 0.2) is 10.8 Å². The number of hydrogen-bond donors (Lipinski definition) is 1. The van der Waals surface area contributed by atoms with E-state index >= 15 is 0 Å². The second-order valence-corrected chi connectivity index (χ2v) is 7.02. The van der Waals surface area contributed by atoms with Crippen molar-refractivity contribution in [2.45, 2.75) is 32.0 Å². The number of fused-ring (bicyclic) bond motifs is 4. The van der Waals surface area contributed by atoms with Crippen LogP contribution in [0.5, 0.6) is 5.75 Å². The first-order valence-corrected chi connectivity index (χ1v) is 8.43. The third-order valence-electron chi connectivity index (χ3n) is 4.76. The van der Waals surface area contributed by atoms with Crippen LogP contribution in [0.3, 0.4) is 0 Å². The molecule has 1 saturated heterocycles. The van der Waals surface area contributed by atoms with E-state index in [2.05, 4.69) is 5.32 Å². The standard InChI is InChI=1S/C18H17N3O3S/c1-11-3-5-12(6-4-11)20-17(25)19-15-10-18(20,2)24-16-8-7-13(21(22)23)9-14(15)16/h3-9,15H,10H2,1-2H3,(H,19,25)/t15-,18+/m0/s1. The van der Waals surface area contributed by atoms with E-state index in [4.69, 9.17) is 17.0 Å². The van der Waals surface area contributed by atoms with E-state index in [-0.39, 0.29) is 11.7 Å². The van der Waals surface area contributed by atoms with Crippen LogP contribution in [0.2, 0.25) is 0 Å².